The minimum atomic E-state index is -3.47. The molecule has 3 aliphatic rings. The van der Waals surface area contributed by atoms with Gasteiger partial charge in [0.05, 0.1) is 12.9 Å². The first-order valence-electron chi connectivity index (χ1n) is 10.1. The summed E-state index contributed by atoms with van der Waals surface area (Å²) in [5.74, 6) is 1.28. The quantitative estimate of drug-likeness (QED) is 0.752. The van der Waals surface area contributed by atoms with Crippen LogP contribution in [0.1, 0.15) is 33.1 Å². The summed E-state index contributed by atoms with van der Waals surface area (Å²) in [4.78, 5) is 14.9. The van der Waals surface area contributed by atoms with Crippen molar-refractivity contribution >= 4 is 21.5 Å². The van der Waals surface area contributed by atoms with Gasteiger partial charge in [0.15, 0.2) is 0 Å². The zero-order valence-corrected chi connectivity index (χ0v) is 17.8. The van der Waals surface area contributed by atoms with Crippen molar-refractivity contribution in [2.45, 2.75) is 33.1 Å². The van der Waals surface area contributed by atoms with Gasteiger partial charge in [-0.1, -0.05) is 13.8 Å². The molecule has 2 aliphatic carbocycles. The number of ether oxygens (including phenoxy) is 1. The van der Waals surface area contributed by atoms with Crippen molar-refractivity contribution in [2.24, 2.45) is 16.7 Å². The fourth-order valence-electron chi connectivity index (χ4n) is 5.53. The molecular weight excluding hydrogens is 376 g/mol. The number of carbonyl (C=O) groups excluding carboxylic acids is 1. The Morgan fingerprint density at radius 2 is 1.75 bits per heavy atom. The van der Waals surface area contributed by atoms with Crippen LogP contribution in [-0.4, -0.2) is 57.5 Å². The average molecular weight is 407 g/mol. The lowest BCUT2D eigenvalue weighted by molar-refractivity contribution is -0.128. The summed E-state index contributed by atoms with van der Waals surface area (Å²) in [5.41, 5.74) is 0.160. The lowest BCUT2D eigenvalue weighted by Crippen LogP contribution is -2.52. The maximum Gasteiger partial charge on any atom is 0.215 e. The number of methoxy groups -OCH3 is 1. The van der Waals surface area contributed by atoms with Crippen molar-refractivity contribution in [1.82, 2.24) is 4.31 Å². The predicted octanol–water partition coefficient (Wildman–Crippen LogP) is 2.54. The molecule has 0 spiro atoms. The summed E-state index contributed by atoms with van der Waals surface area (Å²) in [6, 6.07) is 7.84. The molecule has 2 saturated carbocycles. The van der Waals surface area contributed by atoms with E-state index < -0.39 is 15.4 Å². The standard InChI is InChI=1S/C21H30N2O4S/c1-20(2)16-8-9-21(20,19(24)14-16)15-28(25,26)23-12-10-22(11-13-23)17-4-6-18(27-3)7-5-17/h4-7,16H,8-15H2,1-3H3. The molecular formula is C21H30N2O4S. The van der Waals surface area contributed by atoms with Crippen LogP contribution < -0.4 is 9.64 Å². The highest BCUT2D eigenvalue weighted by Crippen LogP contribution is 2.64. The van der Waals surface area contributed by atoms with Crippen LogP contribution >= 0.6 is 0 Å². The summed E-state index contributed by atoms with van der Waals surface area (Å²) in [6.07, 6.45) is 2.24. The molecule has 1 heterocycles. The van der Waals surface area contributed by atoms with Gasteiger partial charge in [-0.25, -0.2) is 8.42 Å². The molecule has 2 bridgehead atoms. The predicted molar refractivity (Wildman–Crippen MR) is 109 cm³/mol. The van der Waals surface area contributed by atoms with Crippen LogP contribution in [0.25, 0.3) is 0 Å². The van der Waals surface area contributed by atoms with Crippen LogP contribution in [0.3, 0.4) is 0 Å². The number of nitrogens with zero attached hydrogens (tertiary/aromatic N) is 2. The van der Waals surface area contributed by atoms with Gasteiger partial charge in [0.1, 0.15) is 11.5 Å². The van der Waals surface area contributed by atoms with E-state index in [4.69, 9.17) is 4.74 Å². The molecule has 0 aromatic heterocycles. The van der Waals surface area contributed by atoms with E-state index in [9.17, 15) is 13.2 Å². The van der Waals surface area contributed by atoms with E-state index in [0.29, 0.717) is 44.9 Å². The number of carbonyl (C=O) groups is 1. The van der Waals surface area contributed by atoms with Crippen molar-refractivity contribution in [1.29, 1.82) is 0 Å². The number of ketones is 1. The molecule has 28 heavy (non-hydrogen) atoms. The molecule has 2 atom stereocenters. The maximum absolute atomic E-state index is 13.2. The van der Waals surface area contributed by atoms with Crippen LogP contribution in [-0.2, 0) is 14.8 Å². The van der Waals surface area contributed by atoms with Crippen LogP contribution in [0.5, 0.6) is 5.75 Å². The third-order valence-electron chi connectivity index (χ3n) is 7.64. The molecule has 1 saturated heterocycles. The zero-order chi connectivity index (χ0) is 20.2. The second-order valence-corrected chi connectivity index (χ2v) is 11.0. The van der Waals surface area contributed by atoms with Gasteiger partial charge < -0.3 is 9.64 Å². The Morgan fingerprint density at radius 3 is 2.25 bits per heavy atom. The molecule has 6 nitrogen and oxygen atoms in total. The van der Waals surface area contributed by atoms with Crippen LogP contribution in [0.15, 0.2) is 24.3 Å². The number of piperazine rings is 1. The Labute approximate surface area is 167 Å². The fraction of sp³-hybridized carbons (Fsp3) is 0.667. The highest BCUT2D eigenvalue weighted by Gasteiger charge is 2.65. The topological polar surface area (TPSA) is 66.9 Å². The summed E-state index contributed by atoms with van der Waals surface area (Å²) in [5, 5.41) is 0. The minimum Gasteiger partial charge on any atom is -0.497 e. The first kappa shape index (κ1) is 19.7. The van der Waals surface area contributed by atoms with Crippen LogP contribution in [0, 0.1) is 16.7 Å². The molecule has 7 heteroatoms. The monoisotopic (exact) mass is 406 g/mol. The third kappa shape index (κ3) is 2.94. The summed E-state index contributed by atoms with van der Waals surface area (Å²) in [7, 11) is -1.83. The van der Waals surface area contributed by atoms with E-state index in [1.165, 1.54) is 0 Å². The van der Waals surface area contributed by atoms with Crippen molar-refractivity contribution < 1.29 is 17.9 Å². The van der Waals surface area contributed by atoms with E-state index in [1.54, 1.807) is 11.4 Å². The van der Waals surface area contributed by atoms with Crippen molar-refractivity contribution in [3.05, 3.63) is 24.3 Å². The number of benzene rings is 1. The molecule has 0 radical (unpaired) electrons. The number of hydrogen-bond donors (Lipinski definition) is 0. The largest absolute Gasteiger partial charge is 0.497 e. The van der Waals surface area contributed by atoms with Gasteiger partial charge >= 0.3 is 0 Å². The Balaban J connectivity index is 1.44. The van der Waals surface area contributed by atoms with Crippen molar-refractivity contribution in [3.8, 4) is 5.75 Å². The zero-order valence-electron chi connectivity index (χ0n) is 17.0. The SMILES string of the molecule is COc1ccc(N2CCN(S(=O)(=O)CC34CCC(CC3=O)C4(C)C)CC2)cc1. The van der Waals surface area contributed by atoms with Crippen LogP contribution in [0.4, 0.5) is 5.69 Å². The number of anilines is 1. The smallest absolute Gasteiger partial charge is 0.215 e. The minimum absolute atomic E-state index is 0.0229. The first-order valence-corrected chi connectivity index (χ1v) is 11.7. The number of fused-ring (bicyclic) bond motifs is 2. The second kappa shape index (κ2) is 6.73. The Kier molecular flexibility index (Phi) is 4.74. The molecule has 2 unspecified atom stereocenters. The van der Waals surface area contributed by atoms with E-state index in [-0.39, 0.29) is 17.0 Å². The number of hydrogen-bond acceptors (Lipinski definition) is 5. The van der Waals surface area contributed by atoms with Crippen molar-refractivity contribution in [2.75, 3.05) is 43.9 Å². The normalized spacial score (nSPS) is 30.0. The van der Waals surface area contributed by atoms with Gasteiger partial charge in [0, 0.05) is 43.7 Å². The fourth-order valence-corrected chi connectivity index (χ4v) is 7.73. The van der Waals surface area contributed by atoms with Gasteiger partial charge in [-0.3, -0.25) is 4.79 Å². The van der Waals surface area contributed by atoms with Gasteiger partial charge in [-0.2, -0.15) is 4.31 Å². The van der Waals surface area contributed by atoms with Gasteiger partial charge in [0.25, 0.3) is 0 Å². The average Bonchev–Trinajstić information content (AvgIpc) is 3.02. The molecule has 3 fully saturated rings. The Hall–Kier alpha value is -1.60. The molecule has 0 amide bonds. The van der Waals surface area contributed by atoms with E-state index in [1.807, 2.05) is 24.3 Å². The summed E-state index contributed by atoms with van der Waals surface area (Å²) in [6.45, 7) is 6.40. The summed E-state index contributed by atoms with van der Waals surface area (Å²) >= 11 is 0. The Morgan fingerprint density at radius 1 is 1.11 bits per heavy atom. The van der Waals surface area contributed by atoms with Gasteiger partial charge in [0.2, 0.25) is 10.0 Å². The number of Topliss-reactive ketones (excluding diaryl/α,β-unsaturated/α-hetero) is 1. The van der Waals surface area contributed by atoms with E-state index in [0.717, 1.165) is 17.9 Å². The maximum atomic E-state index is 13.2. The highest BCUT2D eigenvalue weighted by molar-refractivity contribution is 7.89. The molecule has 0 N–H and O–H groups in total. The van der Waals surface area contributed by atoms with Gasteiger partial charge in [-0.15, -0.1) is 0 Å². The lowest BCUT2D eigenvalue weighted by Gasteiger charge is -2.40. The second-order valence-electron chi connectivity index (χ2n) is 9.01. The Bertz CT molecular complexity index is 857. The van der Waals surface area contributed by atoms with E-state index >= 15 is 0 Å². The first-order chi connectivity index (χ1) is 13.2. The van der Waals surface area contributed by atoms with Crippen molar-refractivity contribution in [3.63, 3.8) is 0 Å². The number of sulfonamides is 1. The molecule has 154 valence electrons. The number of rotatable bonds is 5. The molecule has 4 rings (SSSR count). The lowest BCUT2D eigenvalue weighted by atomic mass is 9.70. The highest BCUT2D eigenvalue weighted by atomic mass is 32.2. The summed E-state index contributed by atoms with van der Waals surface area (Å²) < 4.78 is 33.2. The molecule has 1 aromatic rings. The van der Waals surface area contributed by atoms with Gasteiger partial charge in [-0.05, 0) is 48.4 Å². The van der Waals surface area contributed by atoms with E-state index in [2.05, 4.69) is 18.7 Å². The molecule has 1 aromatic carbocycles. The molecule has 1 aliphatic heterocycles. The van der Waals surface area contributed by atoms with Crippen LogP contribution in [0.2, 0.25) is 0 Å². The third-order valence-corrected chi connectivity index (χ3v) is 9.65.